The summed E-state index contributed by atoms with van der Waals surface area (Å²) in [5.74, 6) is -0.270. The van der Waals surface area contributed by atoms with Gasteiger partial charge in [0.25, 0.3) is 0 Å². The van der Waals surface area contributed by atoms with Gasteiger partial charge in [-0.25, -0.2) is 13.6 Å². The summed E-state index contributed by atoms with van der Waals surface area (Å²) in [4.78, 5) is 12.9. The molecule has 0 spiro atoms. The van der Waals surface area contributed by atoms with Gasteiger partial charge in [-0.1, -0.05) is 0 Å². The van der Waals surface area contributed by atoms with Crippen molar-refractivity contribution in [1.82, 2.24) is 0 Å². The third-order valence-corrected chi connectivity index (χ3v) is 3.62. The highest BCUT2D eigenvalue weighted by Gasteiger charge is 2.29. The lowest BCUT2D eigenvalue weighted by molar-refractivity contribution is -0.116. The second kappa shape index (κ2) is 4.38. The Morgan fingerprint density at radius 2 is 1.84 bits per heavy atom. The number of primary sulfonamides is 1. The Labute approximate surface area is 109 Å². The Balaban J connectivity index is 2.42. The number of hydrogen-bond donors (Lipinski definition) is 2. The van der Waals surface area contributed by atoms with Crippen LogP contribution in [0.2, 0.25) is 0 Å². The van der Waals surface area contributed by atoms with Gasteiger partial charge in [-0.3, -0.25) is 9.69 Å². The fraction of sp³-hybridized carbons (Fsp3) is 0.0909. The number of nitrogens with two attached hydrogens (primary N) is 2. The second-order valence-electron chi connectivity index (χ2n) is 3.92. The van der Waals surface area contributed by atoms with E-state index in [2.05, 4.69) is 0 Å². The molecule has 0 saturated heterocycles. The third kappa shape index (κ3) is 2.29. The monoisotopic (exact) mass is 278 g/mol. The summed E-state index contributed by atoms with van der Waals surface area (Å²) in [5.41, 5.74) is 6.28. The number of benzene rings is 1. The van der Waals surface area contributed by atoms with E-state index in [9.17, 15) is 13.2 Å². The summed E-state index contributed by atoms with van der Waals surface area (Å²) in [6.07, 6.45) is -0.0563. The average molecular weight is 278 g/mol. The number of amides is 1. The van der Waals surface area contributed by atoms with E-state index in [-0.39, 0.29) is 28.6 Å². The minimum Gasteiger partial charge on any atom is -0.384 e. The molecule has 0 bridgehead atoms. The molecule has 1 heterocycles. The third-order valence-electron chi connectivity index (χ3n) is 2.69. The zero-order chi connectivity index (χ0) is 14.2. The van der Waals surface area contributed by atoms with Gasteiger partial charge in [-0.05, 0) is 24.3 Å². The Kier molecular flexibility index (Phi) is 3.01. The number of nitriles is 1. The average Bonchev–Trinajstić information content (AvgIpc) is 2.63. The van der Waals surface area contributed by atoms with E-state index in [1.807, 2.05) is 6.07 Å². The van der Waals surface area contributed by atoms with E-state index in [4.69, 9.17) is 16.1 Å². The van der Waals surface area contributed by atoms with Gasteiger partial charge in [-0.2, -0.15) is 5.26 Å². The van der Waals surface area contributed by atoms with Gasteiger partial charge in [0, 0.05) is 0 Å². The highest BCUT2D eigenvalue weighted by Crippen LogP contribution is 2.27. The van der Waals surface area contributed by atoms with Crippen molar-refractivity contribution in [3.05, 3.63) is 35.7 Å². The van der Waals surface area contributed by atoms with Crippen molar-refractivity contribution < 1.29 is 13.2 Å². The largest absolute Gasteiger partial charge is 0.384 e. The quantitative estimate of drug-likeness (QED) is 0.771. The fourth-order valence-electron chi connectivity index (χ4n) is 1.75. The summed E-state index contributed by atoms with van der Waals surface area (Å²) in [6.45, 7) is 0. The van der Waals surface area contributed by atoms with Crippen LogP contribution in [0.3, 0.4) is 0 Å². The number of anilines is 1. The van der Waals surface area contributed by atoms with Crippen LogP contribution < -0.4 is 15.8 Å². The molecule has 1 aromatic rings. The van der Waals surface area contributed by atoms with Gasteiger partial charge in [0.15, 0.2) is 0 Å². The van der Waals surface area contributed by atoms with Crippen LogP contribution in [0, 0.1) is 11.3 Å². The lowest BCUT2D eigenvalue weighted by atomic mass is 10.2. The molecule has 98 valence electrons. The van der Waals surface area contributed by atoms with E-state index in [1.54, 1.807) is 0 Å². The van der Waals surface area contributed by atoms with Crippen LogP contribution in [0.25, 0.3) is 0 Å². The lowest BCUT2D eigenvalue weighted by Gasteiger charge is -2.17. The van der Waals surface area contributed by atoms with Gasteiger partial charge >= 0.3 is 0 Å². The molecule has 1 aliphatic heterocycles. The summed E-state index contributed by atoms with van der Waals surface area (Å²) in [6, 6.07) is 7.22. The smallest absolute Gasteiger partial charge is 0.238 e. The first-order valence-electron chi connectivity index (χ1n) is 5.19. The van der Waals surface area contributed by atoms with Crippen LogP contribution in [0.4, 0.5) is 5.69 Å². The van der Waals surface area contributed by atoms with Crippen LogP contribution in [0.5, 0.6) is 0 Å². The zero-order valence-electron chi connectivity index (χ0n) is 9.70. The van der Waals surface area contributed by atoms with Crippen LogP contribution in [0.15, 0.2) is 40.6 Å². The summed E-state index contributed by atoms with van der Waals surface area (Å²) in [7, 11) is -3.78. The fourth-order valence-corrected chi connectivity index (χ4v) is 2.27. The van der Waals surface area contributed by atoms with Crippen molar-refractivity contribution in [3.8, 4) is 6.07 Å². The molecule has 0 radical (unpaired) electrons. The van der Waals surface area contributed by atoms with Gasteiger partial charge in [0.05, 0.1) is 28.6 Å². The Morgan fingerprint density at radius 3 is 2.26 bits per heavy atom. The topological polar surface area (TPSA) is 130 Å². The SMILES string of the molecule is N#CC1=C(N)N(c2ccc(S(N)(=O)=O)cc2)C(=O)C1. The molecule has 0 aliphatic carbocycles. The normalized spacial score (nSPS) is 15.8. The number of nitrogens with zero attached hydrogens (tertiary/aromatic N) is 2. The van der Waals surface area contributed by atoms with Crippen molar-refractivity contribution in [3.63, 3.8) is 0 Å². The molecule has 1 aromatic carbocycles. The lowest BCUT2D eigenvalue weighted by Crippen LogP contribution is -2.28. The van der Waals surface area contributed by atoms with E-state index in [0.717, 1.165) is 0 Å². The minimum absolute atomic E-state index is 0.0563. The number of carbonyl (C=O) groups is 1. The molecule has 0 aromatic heterocycles. The van der Waals surface area contributed by atoms with E-state index in [1.165, 1.54) is 29.2 Å². The molecule has 19 heavy (non-hydrogen) atoms. The predicted molar refractivity (Wildman–Crippen MR) is 66.7 cm³/mol. The number of hydrogen-bond acceptors (Lipinski definition) is 5. The molecule has 8 heteroatoms. The van der Waals surface area contributed by atoms with Gasteiger partial charge in [0.1, 0.15) is 5.82 Å². The Morgan fingerprint density at radius 1 is 1.26 bits per heavy atom. The molecule has 0 saturated carbocycles. The first-order chi connectivity index (χ1) is 8.84. The number of sulfonamides is 1. The van der Waals surface area contributed by atoms with Crippen molar-refractivity contribution in [2.45, 2.75) is 11.3 Å². The molecule has 2 rings (SSSR count). The summed E-state index contributed by atoms with van der Waals surface area (Å²) < 4.78 is 22.2. The Hall–Kier alpha value is -2.37. The molecule has 7 nitrogen and oxygen atoms in total. The Bertz CT molecular complexity index is 713. The van der Waals surface area contributed by atoms with Crippen molar-refractivity contribution in [2.24, 2.45) is 10.9 Å². The second-order valence-corrected chi connectivity index (χ2v) is 5.48. The van der Waals surface area contributed by atoms with Crippen LogP contribution in [-0.2, 0) is 14.8 Å². The summed E-state index contributed by atoms with van der Waals surface area (Å²) in [5, 5.41) is 13.8. The van der Waals surface area contributed by atoms with E-state index >= 15 is 0 Å². The maximum Gasteiger partial charge on any atom is 0.238 e. The van der Waals surface area contributed by atoms with E-state index in [0.29, 0.717) is 5.69 Å². The van der Waals surface area contributed by atoms with Crippen molar-refractivity contribution in [1.29, 1.82) is 5.26 Å². The number of rotatable bonds is 2. The molecule has 1 aliphatic rings. The zero-order valence-corrected chi connectivity index (χ0v) is 10.5. The maximum absolute atomic E-state index is 11.7. The maximum atomic E-state index is 11.7. The standard InChI is InChI=1S/C11H10N4O3S/c12-6-7-5-10(16)15(11(7)13)8-1-3-9(4-2-8)19(14,17)18/h1-4H,5,13H2,(H2,14,17,18). The molecule has 1 amide bonds. The predicted octanol–water partition coefficient (Wildman–Crippen LogP) is -0.235. The summed E-state index contributed by atoms with van der Waals surface area (Å²) >= 11 is 0. The molecule has 0 atom stereocenters. The molecular weight excluding hydrogens is 268 g/mol. The van der Waals surface area contributed by atoms with E-state index < -0.39 is 10.0 Å². The molecule has 0 fully saturated rings. The highest BCUT2D eigenvalue weighted by molar-refractivity contribution is 7.89. The molecular formula is C11H10N4O3S. The molecule has 0 unspecified atom stereocenters. The van der Waals surface area contributed by atoms with Crippen molar-refractivity contribution in [2.75, 3.05) is 4.90 Å². The van der Waals surface area contributed by atoms with Crippen LogP contribution >= 0.6 is 0 Å². The van der Waals surface area contributed by atoms with Gasteiger partial charge < -0.3 is 5.73 Å². The van der Waals surface area contributed by atoms with Crippen LogP contribution in [0.1, 0.15) is 6.42 Å². The highest BCUT2D eigenvalue weighted by atomic mass is 32.2. The minimum atomic E-state index is -3.78. The first-order valence-corrected chi connectivity index (χ1v) is 6.74. The van der Waals surface area contributed by atoms with Gasteiger partial charge in [0.2, 0.25) is 15.9 Å². The van der Waals surface area contributed by atoms with Gasteiger partial charge in [-0.15, -0.1) is 0 Å². The molecule has 4 N–H and O–H groups in total. The van der Waals surface area contributed by atoms with Crippen molar-refractivity contribution >= 4 is 21.6 Å². The first kappa shape index (κ1) is 13.1. The van der Waals surface area contributed by atoms with Crippen LogP contribution in [-0.4, -0.2) is 14.3 Å². The number of carbonyl (C=O) groups excluding carboxylic acids is 1.